The Kier molecular flexibility index (Phi) is 8.31. The van der Waals surface area contributed by atoms with E-state index in [1.54, 1.807) is 31.0 Å². The summed E-state index contributed by atoms with van der Waals surface area (Å²) in [6.45, 7) is 2.07. The SMILES string of the molecule is CNC(=O)C(C)N(Cc1cccc(Br)c1)C(=O)CSCc1ccc(F)cc1. The minimum absolute atomic E-state index is 0.113. The third-order valence-corrected chi connectivity index (χ3v) is 5.54. The number of carbonyl (C=O) groups excluding carboxylic acids is 2. The molecule has 0 bridgehead atoms. The smallest absolute Gasteiger partial charge is 0.242 e. The highest BCUT2D eigenvalue weighted by Crippen LogP contribution is 2.18. The summed E-state index contributed by atoms with van der Waals surface area (Å²) >= 11 is 4.87. The van der Waals surface area contributed by atoms with Crippen molar-refractivity contribution in [2.45, 2.75) is 25.3 Å². The van der Waals surface area contributed by atoms with Gasteiger partial charge in [-0.15, -0.1) is 11.8 Å². The Balaban J connectivity index is 2.03. The van der Waals surface area contributed by atoms with Crippen LogP contribution in [0.5, 0.6) is 0 Å². The topological polar surface area (TPSA) is 49.4 Å². The van der Waals surface area contributed by atoms with Crippen molar-refractivity contribution in [3.63, 3.8) is 0 Å². The summed E-state index contributed by atoms with van der Waals surface area (Å²) in [4.78, 5) is 26.5. The van der Waals surface area contributed by atoms with Crippen LogP contribution in [0.1, 0.15) is 18.1 Å². The first kappa shape index (κ1) is 21.4. The van der Waals surface area contributed by atoms with Crippen molar-refractivity contribution in [2.75, 3.05) is 12.8 Å². The fourth-order valence-electron chi connectivity index (χ4n) is 2.54. The van der Waals surface area contributed by atoms with Gasteiger partial charge in [-0.05, 0) is 42.3 Å². The average Bonchev–Trinajstić information content (AvgIpc) is 2.66. The minimum Gasteiger partial charge on any atom is -0.357 e. The molecular weight excluding hydrogens is 431 g/mol. The number of benzene rings is 2. The van der Waals surface area contributed by atoms with Gasteiger partial charge < -0.3 is 10.2 Å². The lowest BCUT2D eigenvalue weighted by atomic mass is 10.1. The third-order valence-electron chi connectivity index (χ3n) is 4.06. The number of carbonyl (C=O) groups is 2. The molecule has 0 aliphatic carbocycles. The maximum absolute atomic E-state index is 13.0. The molecule has 0 spiro atoms. The molecule has 0 aromatic heterocycles. The number of likely N-dealkylation sites (N-methyl/N-ethyl adjacent to an activating group) is 1. The van der Waals surface area contributed by atoms with Gasteiger partial charge in [-0.25, -0.2) is 4.39 Å². The van der Waals surface area contributed by atoms with E-state index < -0.39 is 6.04 Å². The van der Waals surface area contributed by atoms with Crippen molar-refractivity contribution < 1.29 is 14.0 Å². The van der Waals surface area contributed by atoms with E-state index in [0.717, 1.165) is 15.6 Å². The zero-order valence-corrected chi connectivity index (χ0v) is 17.6. The van der Waals surface area contributed by atoms with E-state index in [0.29, 0.717) is 12.3 Å². The summed E-state index contributed by atoms with van der Waals surface area (Å²) in [5.41, 5.74) is 1.89. The van der Waals surface area contributed by atoms with Gasteiger partial charge >= 0.3 is 0 Å². The fourth-order valence-corrected chi connectivity index (χ4v) is 3.86. The Bertz CT molecular complexity index is 786. The van der Waals surface area contributed by atoms with Gasteiger partial charge in [0, 0.05) is 23.8 Å². The van der Waals surface area contributed by atoms with Crippen LogP contribution in [0.15, 0.2) is 53.0 Å². The molecule has 144 valence electrons. The molecular formula is C20H22BrFN2O2S. The number of nitrogens with zero attached hydrogens (tertiary/aromatic N) is 1. The summed E-state index contributed by atoms with van der Waals surface area (Å²) in [5, 5.41) is 2.60. The van der Waals surface area contributed by atoms with Crippen molar-refractivity contribution in [1.29, 1.82) is 0 Å². The van der Waals surface area contributed by atoms with Gasteiger partial charge in [0.15, 0.2) is 0 Å². The molecule has 0 aliphatic rings. The van der Waals surface area contributed by atoms with E-state index in [2.05, 4.69) is 21.2 Å². The van der Waals surface area contributed by atoms with Gasteiger partial charge in [0.05, 0.1) is 5.75 Å². The van der Waals surface area contributed by atoms with Crippen LogP contribution >= 0.6 is 27.7 Å². The van der Waals surface area contributed by atoms with Gasteiger partial charge in [0.1, 0.15) is 11.9 Å². The van der Waals surface area contributed by atoms with E-state index in [9.17, 15) is 14.0 Å². The minimum atomic E-state index is -0.576. The van der Waals surface area contributed by atoms with Crippen LogP contribution in [-0.4, -0.2) is 35.6 Å². The zero-order chi connectivity index (χ0) is 19.8. The predicted octanol–water partition coefficient (Wildman–Crippen LogP) is 3.98. The Morgan fingerprint density at radius 1 is 1.19 bits per heavy atom. The quantitative estimate of drug-likeness (QED) is 0.658. The first-order chi connectivity index (χ1) is 12.9. The second-order valence-electron chi connectivity index (χ2n) is 6.06. The van der Waals surface area contributed by atoms with E-state index in [1.807, 2.05) is 24.3 Å². The number of hydrogen-bond acceptors (Lipinski definition) is 3. The normalized spacial score (nSPS) is 11.7. The van der Waals surface area contributed by atoms with E-state index in [1.165, 1.54) is 23.9 Å². The van der Waals surface area contributed by atoms with Crippen molar-refractivity contribution in [3.8, 4) is 0 Å². The van der Waals surface area contributed by atoms with Crippen LogP contribution in [0.4, 0.5) is 4.39 Å². The monoisotopic (exact) mass is 452 g/mol. The number of nitrogens with one attached hydrogen (secondary N) is 1. The van der Waals surface area contributed by atoms with Crippen molar-refractivity contribution in [1.82, 2.24) is 10.2 Å². The van der Waals surface area contributed by atoms with Crippen LogP contribution in [-0.2, 0) is 21.9 Å². The van der Waals surface area contributed by atoms with Gasteiger partial charge in [0.25, 0.3) is 0 Å². The highest BCUT2D eigenvalue weighted by atomic mass is 79.9. The Labute approximate surface area is 171 Å². The summed E-state index contributed by atoms with van der Waals surface area (Å²) in [6.07, 6.45) is 0. The summed E-state index contributed by atoms with van der Waals surface area (Å²) < 4.78 is 13.9. The lowest BCUT2D eigenvalue weighted by Gasteiger charge is -2.28. The van der Waals surface area contributed by atoms with Gasteiger partial charge in [-0.2, -0.15) is 0 Å². The van der Waals surface area contributed by atoms with E-state index in [-0.39, 0.29) is 23.4 Å². The fraction of sp³-hybridized carbons (Fsp3) is 0.300. The molecule has 27 heavy (non-hydrogen) atoms. The largest absolute Gasteiger partial charge is 0.357 e. The second-order valence-corrected chi connectivity index (χ2v) is 7.96. The van der Waals surface area contributed by atoms with Crippen LogP contribution in [0.25, 0.3) is 0 Å². The summed E-state index contributed by atoms with van der Waals surface area (Å²) in [5.74, 6) is 0.247. The van der Waals surface area contributed by atoms with Gasteiger partial charge in [-0.1, -0.05) is 40.2 Å². The molecule has 0 saturated carbocycles. The summed E-state index contributed by atoms with van der Waals surface area (Å²) in [6, 6.07) is 13.3. The van der Waals surface area contributed by atoms with Crippen molar-refractivity contribution in [2.24, 2.45) is 0 Å². The predicted molar refractivity (Wildman–Crippen MR) is 111 cm³/mol. The Morgan fingerprint density at radius 3 is 2.52 bits per heavy atom. The van der Waals surface area contributed by atoms with E-state index >= 15 is 0 Å². The highest BCUT2D eigenvalue weighted by Gasteiger charge is 2.25. The Hall–Kier alpha value is -1.86. The van der Waals surface area contributed by atoms with Crippen LogP contribution in [0.2, 0.25) is 0 Å². The number of amides is 2. The molecule has 0 radical (unpaired) electrons. The number of halogens is 2. The molecule has 1 N–H and O–H groups in total. The highest BCUT2D eigenvalue weighted by molar-refractivity contribution is 9.10. The molecule has 1 atom stereocenters. The second kappa shape index (κ2) is 10.5. The molecule has 4 nitrogen and oxygen atoms in total. The molecule has 7 heteroatoms. The molecule has 2 aromatic carbocycles. The van der Waals surface area contributed by atoms with Crippen LogP contribution in [0, 0.1) is 5.82 Å². The molecule has 1 unspecified atom stereocenters. The first-order valence-electron chi connectivity index (χ1n) is 8.48. The van der Waals surface area contributed by atoms with Crippen molar-refractivity contribution in [3.05, 3.63) is 69.9 Å². The lowest BCUT2D eigenvalue weighted by Crippen LogP contribution is -2.47. The van der Waals surface area contributed by atoms with E-state index in [4.69, 9.17) is 0 Å². The standard InChI is InChI=1S/C20H22BrFN2O2S/c1-14(20(26)23-2)24(11-16-4-3-5-17(21)10-16)19(25)13-27-12-15-6-8-18(22)9-7-15/h3-10,14H,11-13H2,1-2H3,(H,23,26). The molecule has 0 fully saturated rings. The maximum atomic E-state index is 13.0. The zero-order valence-electron chi connectivity index (χ0n) is 15.2. The van der Waals surface area contributed by atoms with Crippen LogP contribution in [0.3, 0.4) is 0 Å². The van der Waals surface area contributed by atoms with Crippen LogP contribution < -0.4 is 5.32 Å². The molecule has 0 aliphatic heterocycles. The summed E-state index contributed by atoms with van der Waals surface area (Å²) in [7, 11) is 1.56. The molecule has 2 aromatic rings. The van der Waals surface area contributed by atoms with Gasteiger partial charge in [0.2, 0.25) is 11.8 Å². The van der Waals surface area contributed by atoms with Crippen molar-refractivity contribution >= 4 is 39.5 Å². The molecule has 0 saturated heterocycles. The maximum Gasteiger partial charge on any atom is 0.242 e. The Morgan fingerprint density at radius 2 is 1.89 bits per heavy atom. The average molecular weight is 453 g/mol. The third kappa shape index (κ3) is 6.66. The molecule has 2 amide bonds. The molecule has 0 heterocycles. The number of rotatable bonds is 8. The molecule has 2 rings (SSSR count). The number of thioether (sulfide) groups is 1. The number of hydrogen-bond donors (Lipinski definition) is 1. The van der Waals surface area contributed by atoms with Gasteiger partial charge in [-0.3, -0.25) is 9.59 Å². The first-order valence-corrected chi connectivity index (χ1v) is 10.4. The lowest BCUT2D eigenvalue weighted by molar-refractivity contribution is -0.138.